The molecule has 90 valence electrons. The van der Waals surface area contributed by atoms with E-state index in [4.69, 9.17) is 0 Å². The van der Waals surface area contributed by atoms with Crippen LogP contribution in [-0.2, 0) is 7.05 Å². The Kier molecular flexibility index (Phi) is 3.92. The third kappa shape index (κ3) is 2.73. The molecule has 2 nitrogen and oxygen atoms in total. The molecular formula is C14H17NOS. The first-order valence-corrected chi connectivity index (χ1v) is 6.73. The van der Waals surface area contributed by atoms with Crippen molar-refractivity contribution in [2.24, 2.45) is 7.05 Å². The van der Waals surface area contributed by atoms with E-state index < -0.39 is 6.10 Å². The van der Waals surface area contributed by atoms with Gasteiger partial charge in [0, 0.05) is 18.1 Å². The summed E-state index contributed by atoms with van der Waals surface area (Å²) in [5.74, 6) is 1.07. The zero-order valence-electron chi connectivity index (χ0n) is 10.1. The average molecular weight is 247 g/mol. The maximum atomic E-state index is 10.3. The van der Waals surface area contributed by atoms with E-state index in [-0.39, 0.29) is 0 Å². The summed E-state index contributed by atoms with van der Waals surface area (Å²) in [6.07, 6.45) is 1.40. The fraction of sp³-hybridized carbons (Fsp3) is 0.286. The van der Waals surface area contributed by atoms with Crippen molar-refractivity contribution in [2.75, 3.05) is 5.75 Å². The second-order valence-corrected chi connectivity index (χ2v) is 5.29. The van der Waals surface area contributed by atoms with Crippen molar-refractivity contribution in [1.82, 2.24) is 4.57 Å². The van der Waals surface area contributed by atoms with E-state index in [2.05, 4.69) is 19.1 Å². The van der Waals surface area contributed by atoms with Crippen LogP contribution in [0.5, 0.6) is 0 Å². The number of hydrogen-bond acceptors (Lipinski definition) is 2. The number of aromatic nitrogens is 1. The van der Waals surface area contributed by atoms with E-state index >= 15 is 0 Å². The second kappa shape index (κ2) is 5.43. The summed E-state index contributed by atoms with van der Waals surface area (Å²) in [6.45, 7) is 2.14. The summed E-state index contributed by atoms with van der Waals surface area (Å²) < 4.78 is 1.94. The summed E-state index contributed by atoms with van der Waals surface area (Å²) in [6, 6.07) is 12.0. The first-order chi connectivity index (χ1) is 8.22. The fourth-order valence-corrected chi connectivity index (χ4v) is 2.50. The molecule has 1 aromatic heterocycles. The standard InChI is InChI=1S/C14H17NOS/c1-3-17-12-8-6-11(7-9-12)14(16)13-5-4-10-15(13)2/h4-10,14,16H,3H2,1-2H3/t14-/m1/s1. The highest BCUT2D eigenvalue weighted by Crippen LogP contribution is 2.24. The van der Waals surface area contributed by atoms with E-state index in [9.17, 15) is 5.11 Å². The molecule has 0 bridgehead atoms. The number of benzene rings is 1. The minimum absolute atomic E-state index is 0.546. The van der Waals surface area contributed by atoms with Gasteiger partial charge in [-0.15, -0.1) is 11.8 Å². The minimum Gasteiger partial charge on any atom is -0.382 e. The molecule has 1 heterocycles. The number of thioether (sulfide) groups is 1. The lowest BCUT2D eigenvalue weighted by Gasteiger charge is -2.12. The molecule has 1 N–H and O–H groups in total. The van der Waals surface area contributed by atoms with Crippen LogP contribution < -0.4 is 0 Å². The summed E-state index contributed by atoms with van der Waals surface area (Å²) in [7, 11) is 1.94. The smallest absolute Gasteiger partial charge is 0.119 e. The SMILES string of the molecule is CCSc1ccc([C@@H](O)c2cccn2C)cc1. The molecule has 0 aliphatic rings. The van der Waals surface area contributed by atoms with Crippen LogP contribution >= 0.6 is 11.8 Å². The predicted molar refractivity (Wildman–Crippen MR) is 72.3 cm³/mol. The monoisotopic (exact) mass is 247 g/mol. The van der Waals surface area contributed by atoms with Gasteiger partial charge in [0.15, 0.2) is 0 Å². The lowest BCUT2D eigenvalue weighted by molar-refractivity contribution is 0.211. The Morgan fingerprint density at radius 2 is 1.94 bits per heavy atom. The third-order valence-electron chi connectivity index (χ3n) is 2.77. The summed E-state index contributed by atoms with van der Waals surface area (Å²) in [4.78, 5) is 1.25. The van der Waals surface area contributed by atoms with Crippen molar-refractivity contribution in [1.29, 1.82) is 0 Å². The molecule has 0 saturated carbocycles. The highest BCUT2D eigenvalue weighted by molar-refractivity contribution is 7.99. The fourth-order valence-electron chi connectivity index (χ4n) is 1.84. The summed E-state index contributed by atoms with van der Waals surface area (Å²) in [5.41, 5.74) is 1.85. The second-order valence-electron chi connectivity index (χ2n) is 3.95. The third-order valence-corrected chi connectivity index (χ3v) is 3.67. The van der Waals surface area contributed by atoms with Gasteiger partial charge in [-0.2, -0.15) is 0 Å². The van der Waals surface area contributed by atoms with E-state index in [1.54, 1.807) is 0 Å². The molecule has 0 amide bonds. The van der Waals surface area contributed by atoms with Gasteiger partial charge in [0.1, 0.15) is 6.10 Å². The topological polar surface area (TPSA) is 25.2 Å². The van der Waals surface area contributed by atoms with E-state index in [0.717, 1.165) is 17.0 Å². The number of aliphatic hydroxyl groups is 1. The highest BCUT2D eigenvalue weighted by atomic mass is 32.2. The molecule has 0 aliphatic carbocycles. The molecule has 3 heteroatoms. The normalized spacial score (nSPS) is 12.6. The Hall–Kier alpha value is -1.19. The van der Waals surface area contributed by atoms with Gasteiger partial charge in [-0.25, -0.2) is 0 Å². The number of aliphatic hydroxyl groups excluding tert-OH is 1. The number of aryl methyl sites for hydroxylation is 1. The van der Waals surface area contributed by atoms with Gasteiger partial charge >= 0.3 is 0 Å². The van der Waals surface area contributed by atoms with Crippen molar-refractivity contribution in [3.63, 3.8) is 0 Å². The van der Waals surface area contributed by atoms with Crippen LogP contribution in [0, 0.1) is 0 Å². The number of nitrogens with zero attached hydrogens (tertiary/aromatic N) is 1. The van der Waals surface area contributed by atoms with Crippen LogP contribution in [0.4, 0.5) is 0 Å². The van der Waals surface area contributed by atoms with Crippen LogP contribution in [-0.4, -0.2) is 15.4 Å². The largest absolute Gasteiger partial charge is 0.382 e. The Morgan fingerprint density at radius 1 is 1.24 bits per heavy atom. The molecule has 0 saturated heterocycles. The van der Waals surface area contributed by atoms with Crippen LogP contribution in [0.25, 0.3) is 0 Å². The van der Waals surface area contributed by atoms with Crippen molar-refractivity contribution in [3.8, 4) is 0 Å². The molecule has 1 atom stereocenters. The van der Waals surface area contributed by atoms with Gasteiger partial charge in [0.2, 0.25) is 0 Å². The van der Waals surface area contributed by atoms with Crippen LogP contribution in [0.2, 0.25) is 0 Å². The van der Waals surface area contributed by atoms with E-state index in [1.165, 1.54) is 4.90 Å². The quantitative estimate of drug-likeness (QED) is 0.839. The molecule has 1 aromatic carbocycles. The first kappa shape index (κ1) is 12.3. The lowest BCUT2D eigenvalue weighted by atomic mass is 10.1. The molecule has 2 rings (SSSR count). The first-order valence-electron chi connectivity index (χ1n) is 5.74. The van der Waals surface area contributed by atoms with Crippen molar-refractivity contribution in [3.05, 3.63) is 53.9 Å². The zero-order chi connectivity index (χ0) is 12.3. The number of hydrogen-bond donors (Lipinski definition) is 1. The van der Waals surface area contributed by atoms with Crippen LogP contribution in [0.15, 0.2) is 47.5 Å². The van der Waals surface area contributed by atoms with Crippen LogP contribution in [0.1, 0.15) is 24.3 Å². The highest BCUT2D eigenvalue weighted by Gasteiger charge is 2.12. The zero-order valence-corrected chi connectivity index (χ0v) is 10.9. The predicted octanol–water partition coefficient (Wildman–Crippen LogP) is 3.22. The maximum absolute atomic E-state index is 10.3. The Labute approximate surface area is 106 Å². The molecule has 2 aromatic rings. The minimum atomic E-state index is -0.546. The van der Waals surface area contributed by atoms with Crippen molar-refractivity contribution in [2.45, 2.75) is 17.9 Å². The summed E-state index contributed by atoms with van der Waals surface area (Å²) in [5, 5.41) is 10.3. The Bertz CT molecular complexity index is 475. The molecule has 0 fully saturated rings. The van der Waals surface area contributed by atoms with Gasteiger partial charge in [0.05, 0.1) is 5.69 Å². The molecule has 0 spiro atoms. The van der Waals surface area contributed by atoms with Crippen molar-refractivity contribution < 1.29 is 5.11 Å². The van der Waals surface area contributed by atoms with E-state index in [1.807, 2.05) is 53.8 Å². The molecule has 0 radical (unpaired) electrons. The van der Waals surface area contributed by atoms with Crippen molar-refractivity contribution >= 4 is 11.8 Å². The Morgan fingerprint density at radius 3 is 2.47 bits per heavy atom. The average Bonchev–Trinajstić information content (AvgIpc) is 2.76. The number of rotatable bonds is 4. The van der Waals surface area contributed by atoms with Gasteiger partial charge in [0.25, 0.3) is 0 Å². The van der Waals surface area contributed by atoms with Gasteiger partial charge in [-0.3, -0.25) is 0 Å². The molecule has 17 heavy (non-hydrogen) atoms. The van der Waals surface area contributed by atoms with Crippen LogP contribution in [0.3, 0.4) is 0 Å². The van der Waals surface area contributed by atoms with Gasteiger partial charge in [-0.05, 0) is 35.6 Å². The Balaban J connectivity index is 2.20. The lowest BCUT2D eigenvalue weighted by Crippen LogP contribution is -2.04. The van der Waals surface area contributed by atoms with E-state index in [0.29, 0.717) is 0 Å². The van der Waals surface area contributed by atoms with Gasteiger partial charge < -0.3 is 9.67 Å². The molecular weight excluding hydrogens is 230 g/mol. The summed E-state index contributed by atoms with van der Waals surface area (Å²) >= 11 is 1.81. The molecule has 0 unspecified atom stereocenters. The molecule has 0 aliphatic heterocycles. The maximum Gasteiger partial charge on any atom is 0.119 e. The van der Waals surface area contributed by atoms with Gasteiger partial charge in [-0.1, -0.05) is 19.1 Å².